The quantitative estimate of drug-likeness (QED) is 0.925. The van der Waals surface area contributed by atoms with E-state index in [1.807, 2.05) is 11.5 Å². The molecule has 0 radical (unpaired) electrons. The first kappa shape index (κ1) is 16.2. The van der Waals surface area contributed by atoms with Crippen LogP contribution in [0.1, 0.15) is 38.4 Å². The molecule has 1 saturated carbocycles. The summed E-state index contributed by atoms with van der Waals surface area (Å²) in [6.45, 7) is 2.69. The van der Waals surface area contributed by atoms with E-state index in [1.165, 1.54) is 6.07 Å². The molecule has 1 aromatic carbocycles. The van der Waals surface area contributed by atoms with Gasteiger partial charge >= 0.3 is 0 Å². The van der Waals surface area contributed by atoms with Crippen molar-refractivity contribution in [1.82, 2.24) is 14.8 Å². The molecule has 1 fully saturated rings. The zero-order valence-corrected chi connectivity index (χ0v) is 14.1. The van der Waals surface area contributed by atoms with Crippen LogP contribution < -0.4 is 5.32 Å². The number of nitrogens with one attached hydrogen (secondary N) is 1. The molecular formula is C18H20F2N4O. The number of carbonyl (C=O) groups is 1. The summed E-state index contributed by atoms with van der Waals surface area (Å²) in [6.07, 6.45) is 4.71. The van der Waals surface area contributed by atoms with Crippen molar-refractivity contribution >= 4 is 11.6 Å². The molecule has 1 aliphatic heterocycles. The summed E-state index contributed by atoms with van der Waals surface area (Å²) in [7, 11) is 0. The van der Waals surface area contributed by atoms with Gasteiger partial charge < -0.3 is 9.88 Å². The number of halogens is 2. The highest BCUT2D eigenvalue weighted by Gasteiger charge is 2.39. The van der Waals surface area contributed by atoms with Crippen LogP contribution in [0.4, 0.5) is 14.5 Å². The predicted molar refractivity (Wildman–Crippen MR) is 88.8 cm³/mol. The van der Waals surface area contributed by atoms with Gasteiger partial charge in [0.1, 0.15) is 17.5 Å². The molecule has 5 nitrogen and oxygen atoms in total. The lowest BCUT2D eigenvalue weighted by Crippen LogP contribution is -2.16. The van der Waals surface area contributed by atoms with Gasteiger partial charge in [0.15, 0.2) is 5.82 Å². The summed E-state index contributed by atoms with van der Waals surface area (Å²) in [5.74, 6) is -0.247. The number of fused-ring (bicyclic) bond motifs is 1. The molecule has 2 atom stereocenters. The standard InChI is InChI=1S/C18H20F2N4O/c1-10-7-11(10)18(25)21-15-8-12(13(19)9-14(15)20)17-23-22-16-5-3-2-4-6-24(16)17/h8-11H,2-7H2,1H3,(H,21,25)/t10-,11+/m0/s1. The third-order valence-corrected chi connectivity index (χ3v) is 5.11. The van der Waals surface area contributed by atoms with Crippen molar-refractivity contribution in [1.29, 1.82) is 0 Å². The summed E-state index contributed by atoms with van der Waals surface area (Å²) in [5, 5.41) is 10.9. The summed E-state index contributed by atoms with van der Waals surface area (Å²) in [4.78, 5) is 12.1. The number of benzene rings is 1. The maximum Gasteiger partial charge on any atom is 0.227 e. The molecule has 0 spiro atoms. The number of hydrogen-bond donors (Lipinski definition) is 1. The second-order valence-electron chi connectivity index (χ2n) is 7.02. The Kier molecular flexibility index (Phi) is 4.01. The molecule has 7 heteroatoms. The highest BCUT2D eigenvalue weighted by atomic mass is 19.1. The molecule has 1 aliphatic carbocycles. The van der Waals surface area contributed by atoms with Crippen molar-refractivity contribution in [3.63, 3.8) is 0 Å². The fourth-order valence-electron chi connectivity index (χ4n) is 3.41. The van der Waals surface area contributed by atoms with E-state index >= 15 is 0 Å². The molecule has 1 aromatic heterocycles. The topological polar surface area (TPSA) is 59.8 Å². The number of amides is 1. The normalized spacial score (nSPS) is 22.2. The van der Waals surface area contributed by atoms with E-state index in [4.69, 9.17) is 0 Å². The molecule has 1 amide bonds. The Labute approximate surface area is 144 Å². The van der Waals surface area contributed by atoms with E-state index < -0.39 is 11.6 Å². The third-order valence-electron chi connectivity index (χ3n) is 5.11. The van der Waals surface area contributed by atoms with Gasteiger partial charge in [0.2, 0.25) is 5.91 Å². The van der Waals surface area contributed by atoms with Crippen LogP contribution >= 0.6 is 0 Å². The second kappa shape index (κ2) is 6.20. The van der Waals surface area contributed by atoms with Crippen molar-refractivity contribution in [2.24, 2.45) is 11.8 Å². The smallest absolute Gasteiger partial charge is 0.227 e. The van der Waals surface area contributed by atoms with Crippen LogP contribution in [-0.2, 0) is 17.8 Å². The molecule has 0 unspecified atom stereocenters. The van der Waals surface area contributed by atoms with Crippen LogP contribution in [0, 0.1) is 23.5 Å². The first-order valence-corrected chi connectivity index (χ1v) is 8.77. The lowest BCUT2D eigenvalue weighted by molar-refractivity contribution is -0.117. The molecule has 25 heavy (non-hydrogen) atoms. The third kappa shape index (κ3) is 3.03. The number of aromatic nitrogens is 3. The average Bonchev–Trinajstić information content (AvgIpc) is 3.26. The van der Waals surface area contributed by atoms with E-state index in [0.29, 0.717) is 11.7 Å². The van der Waals surface area contributed by atoms with E-state index in [-0.39, 0.29) is 23.1 Å². The molecule has 2 aliphatic rings. The zero-order chi connectivity index (χ0) is 17.6. The highest BCUT2D eigenvalue weighted by molar-refractivity contribution is 5.95. The second-order valence-corrected chi connectivity index (χ2v) is 7.02. The summed E-state index contributed by atoms with van der Waals surface area (Å²) in [5.41, 5.74) is 0.160. The van der Waals surface area contributed by atoms with E-state index in [1.54, 1.807) is 0 Å². The van der Waals surface area contributed by atoms with Gasteiger partial charge in [0.25, 0.3) is 0 Å². The Hall–Kier alpha value is -2.31. The van der Waals surface area contributed by atoms with Crippen LogP contribution in [0.5, 0.6) is 0 Å². The van der Waals surface area contributed by atoms with Gasteiger partial charge in [-0.25, -0.2) is 8.78 Å². The zero-order valence-electron chi connectivity index (χ0n) is 14.1. The first-order valence-electron chi connectivity index (χ1n) is 8.77. The van der Waals surface area contributed by atoms with Gasteiger partial charge in [-0.2, -0.15) is 0 Å². The lowest BCUT2D eigenvalue weighted by atomic mass is 10.1. The van der Waals surface area contributed by atoms with Gasteiger partial charge in [-0.05, 0) is 31.2 Å². The van der Waals surface area contributed by atoms with Gasteiger partial charge in [-0.15, -0.1) is 10.2 Å². The van der Waals surface area contributed by atoms with E-state index in [2.05, 4.69) is 15.5 Å². The van der Waals surface area contributed by atoms with Crippen LogP contribution in [-0.4, -0.2) is 20.7 Å². The minimum Gasteiger partial charge on any atom is -0.323 e. The van der Waals surface area contributed by atoms with E-state index in [9.17, 15) is 13.6 Å². The number of hydrogen-bond acceptors (Lipinski definition) is 3. The molecule has 2 heterocycles. The van der Waals surface area contributed by atoms with Gasteiger partial charge in [-0.3, -0.25) is 4.79 Å². The van der Waals surface area contributed by atoms with Crippen molar-refractivity contribution < 1.29 is 13.6 Å². The summed E-state index contributed by atoms with van der Waals surface area (Å²) >= 11 is 0. The average molecular weight is 346 g/mol. The summed E-state index contributed by atoms with van der Waals surface area (Å²) in [6, 6.07) is 2.14. The van der Waals surface area contributed by atoms with Gasteiger partial charge in [0.05, 0.1) is 11.3 Å². The first-order chi connectivity index (χ1) is 12.0. The molecular weight excluding hydrogens is 326 g/mol. The van der Waals surface area contributed by atoms with Crippen molar-refractivity contribution in [2.45, 2.75) is 45.6 Å². The monoisotopic (exact) mass is 346 g/mol. The summed E-state index contributed by atoms with van der Waals surface area (Å²) < 4.78 is 30.4. The minimum atomic E-state index is -0.779. The molecule has 132 valence electrons. The number of carbonyl (C=O) groups excluding carboxylic acids is 1. The molecule has 1 N–H and O–H groups in total. The Balaban J connectivity index is 1.69. The minimum absolute atomic E-state index is 0.00790. The Morgan fingerprint density at radius 3 is 2.76 bits per heavy atom. The van der Waals surface area contributed by atoms with Crippen LogP contribution in [0.25, 0.3) is 11.4 Å². The number of nitrogens with zero attached hydrogens (tertiary/aromatic N) is 3. The Morgan fingerprint density at radius 1 is 1.20 bits per heavy atom. The maximum atomic E-state index is 14.4. The highest BCUT2D eigenvalue weighted by Crippen LogP contribution is 2.39. The molecule has 2 aromatic rings. The van der Waals surface area contributed by atoms with Crippen molar-refractivity contribution in [3.05, 3.63) is 29.6 Å². The Morgan fingerprint density at radius 2 is 2.00 bits per heavy atom. The van der Waals surface area contributed by atoms with Gasteiger partial charge in [-0.1, -0.05) is 13.3 Å². The van der Waals surface area contributed by atoms with E-state index in [0.717, 1.165) is 50.5 Å². The number of anilines is 1. The molecule has 0 bridgehead atoms. The van der Waals surface area contributed by atoms with Gasteiger partial charge in [0, 0.05) is 24.9 Å². The lowest BCUT2D eigenvalue weighted by Gasteiger charge is -2.11. The van der Waals surface area contributed by atoms with Crippen molar-refractivity contribution in [2.75, 3.05) is 5.32 Å². The molecule has 0 saturated heterocycles. The maximum absolute atomic E-state index is 14.4. The fraction of sp³-hybridized carbons (Fsp3) is 0.500. The largest absolute Gasteiger partial charge is 0.323 e. The predicted octanol–water partition coefficient (Wildman–Crippen LogP) is 3.54. The molecule has 4 rings (SSSR count). The van der Waals surface area contributed by atoms with Crippen molar-refractivity contribution in [3.8, 4) is 11.4 Å². The number of rotatable bonds is 3. The van der Waals surface area contributed by atoms with Crippen LogP contribution in [0.3, 0.4) is 0 Å². The van der Waals surface area contributed by atoms with Crippen LogP contribution in [0.15, 0.2) is 12.1 Å². The Bertz CT molecular complexity index is 833. The SMILES string of the molecule is C[C@H]1C[C@H]1C(=O)Nc1cc(-c2nnc3n2CCCCC3)c(F)cc1F. The fourth-order valence-corrected chi connectivity index (χ4v) is 3.41. The van der Waals surface area contributed by atoms with Crippen LogP contribution in [0.2, 0.25) is 0 Å². The number of aryl methyl sites for hydroxylation is 1.